The van der Waals surface area contributed by atoms with Crippen molar-refractivity contribution in [1.82, 2.24) is 24.6 Å². The summed E-state index contributed by atoms with van der Waals surface area (Å²) < 4.78 is 34.6. The molecule has 1 fully saturated rings. The van der Waals surface area contributed by atoms with Gasteiger partial charge in [-0.15, -0.1) is 0 Å². The maximum atomic E-state index is 13.6. The van der Waals surface area contributed by atoms with Gasteiger partial charge < -0.3 is 9.64 Å². The van der Waals surface area contributed by atoms with Crippen LogP contribution in [0.3, 0.4) is 0 Å². The number of benzene rings is 2. The Morgan fingerprint density at radius 2 is 1.67 bits per heavy atom. The lowest BCUT2D eigenvalue weighted by atomic mass is 10.1. The van der Waals surface area contributed by atoms with Gasteiger partial charge in [0.2, 0.25) is 0 Å². The minimum atomic E-state index is -0.708. The van der Waals surface area contributed by atoms with Gasteiger partial charge in [-0.2, -0.15) is 5.10 Å². The molecule has 0 N–H and O–H groups in total. The second-order valence-corrected chi connectivity index (χ2v) is 8.94. The lowest BCUT2D eigenvalue weighted by Gasteiger charge is -2.29. The van der Waals surface area contributed by atoms with Crippen LogP contribution in [0.25, 0.3) is 22.6 Å². The van der Waals surface area contributed by atoms with Crippen LogP contribution >= 0.6 is 0 Å². The van der Waals surface area contributed by atoms with E-state index in [4.69, 9.17) is 4.74 Å². The molecular formula is C27H25F2N5O2. The molecule has 9 heteroatoms. The highest BCUT2D eigenvalue weighted by Crippen LogP contribution is 2.22. The molecule has 0 radical (unpaired) electrons. The lowest BCUT2D eigenvalue weighted by molar-refractivity contribution is 0.113. The summed E-state index contributed by atoms with van der Waals surface area (Å²) in [5.74, 6) is -0.234. The van der Waals surface area contributed by atoms with Crippen LogP contribution in [-0.2, 0) is 6.54 Å². The minimum Gasteiger partial charge on any atom is -0.487 e. The molecule has 0 unspecified atom stereocenters. The molecule has 0 spiro atoms. The smallest absolute Gasteiger partial charge is 0.267 e. The molecule has 7 nitrogen and oxygen atoms in total. The number of piperidine rings is 1. The summed E-state index contributed by atoms with van der Waals surface area (Å²) in [5.41, 5.74) is 1.82. The van der Waals surface area contributed by atoms with Crippen LogP contribution in [0.4, 0.5) is 8.78 Å². The van der Waals surface area contributed by atoms with Crippen molar-refractivity contribution < 1.29 is 13.5 Å². The first-order valence-corrected chi connectivity index (χ1v) is 11.7. The molecule has 3 heterocycles. The lowest BCUT2D eigenvalue weighted by Crippen LogP contribution is -2.35. The average Bonchev–Trinajstić information content (AvgIpc) is 2.87. The first kappa shape index (κ1) is 23.7. The third kappa shape index (κ3) is 5.63. The van der Waals surface area contributed by atoms with E-state index in [9.17, 15) is 13.6 Å². The van der Waals surface area contributed by atoms with Crippen molar-refractivity contribution in [2.24, 2.45) is 0 Å². The molecule has 0 atom stereocenters. The zero-order valence-corrected chi connectivity index (χ0v) is 19.8. The fourth-order valence-corrected chi connectivity index (χ4v) is 4.22. The standard InChI is InChI=1S/C27H25F2N5O2/c1-33-9-7-23(8-10-33)36-24-15-30-27(31-16-24)19-4-2-3-18(11-19)17-34-26(35)6-5-25(32-34)20-12-21(28)14-22(29)13-20/h2-6,11-16,23H,7-10,17H2,1H3. The Bertz CT molecular complexity index is 1400. The van der Waals surface area contributed by atoms with Crippen molar-refractivity contribution in [3.63, 3.8) is 0 Å². The number of rotatable bonds is 6. The van der Waals surface area contributed by atoms with E-state index in [-0.39, 0.29) is 23.8 Å². The predicted octanol–water partition coefficient (Wildman–Crippen LogP) is 4.17. The number of hydrogen-bond acceptors (Lipinski definition) is 6. The van der Waals surface area contributed by atoms with Gasteiger partial charge in [-0.05, 0) is 49.7 Å². The number of hydrogen-bond donors (Lipinski definition) is 0. The van der Waals surface area contributed by atoms with E-state index in [1.807, 2.05) is 24.3 Å². The second kappa shape index (κ2) is 10.3. The molecule has 1 saturated heterocycles. The van der Waals surface area contributed by atoms with Crippen LogP contribution in [-0.4, -0.2) is 50.9 Å². The highest BCUT2D eigenvalue weighted by molar-refractivity contribution is 5.58. The van der Waals surface area contributed by atoms with E-state index in [0.29, 0.717) is 17.3 Å². The molecule has 4 aromatic rings. The number of ether oxygens (including phenoxy) is 1. The van der Waals surface area contributed by atoms with Gasteiger partial charge in [-0.3, -0.25) is 4.79 Å². The largest absolute Gasteiger partial charge is 0.487 e. The summed E-state index contributed by atoms with van der Waals surface area (Å²) in [6.45, 7) is 2.20. The average molecular weight is 490 g/mol. The number of aromatic nitrogens is 4. The van der Waals surface area contributed by atoms with Crippen molar-refractivity contribution >= 4 is 0 Å². The Kier molecular flexibility index (Phi) is 6.81. The van der Waals surface area contributed by atoms with Gasteiger partial charge in [0, 0.05) is 36.3 Å². The molecule has 2 aromatic carbocycles. The number of likely N-dealkylation sites (tertiary alicyclic amines) is 1. The fourth-order valence-electron chi connectivity index (χ4n) is 4.22. The predicted molar refractivity (Wildman–Crippen MR) is 132 cm³/mol. The molecule has 1 aliphatic rings. The van der Waals surface area contributed by atoms with Gasteiger partial charge in [0.1, 0.15) is 17.7 Å². The highest BCUT2D eigenvalue weighted by Gasteiger charge is 2.18. The van der Waals surface area contributed by atoms with Crippen molar-refractivity contribution in [3.8, 4) is 28.4 Å². The van der Waals surface area contributed by atoms with Crippen LogP contribution in [0.1, 0.15) is 18.4 Å². The van der Waals surface area contributed by atoms with E-state index in [1.54, 1.807) is 12.4 Å². The molecule has 1 aliphatic heterocycles. The zero-order chi connectivity index (χ0) is 25.1. The summed E-state index contributed by atoms with van der Waals surface area (Å²) >= 11 is 0. The van der Waals surface area contributed by atoms with E-state index in [0.717, 1.165) is 43.1 Å². The molecule has 36 heavy (non-hydrogen) atoms. The van der Waals surface area contributed by atoms with E-state index < -0.39 is 11.6 Å². The van der Waals surface area contributed by atoms with Gasteiger partial charge in [0.25, 0.3) is 5.56 Å². The molecule has 184 valence electrons. The maximum Gasteiger partial charge on any atom is 0.267 e. The van der Waals surface area contributed by atoms with Crippen LogP contribution in [0.2, 0.25) is 0 Å². The molecule has 0 amide bonds. The summed E-state index contributed by atoms with van der Waals surface area (Å²) in [5, 5.41) is 4.31. The maximum absolute atomic E-state index is 13.6. The minimum absolute atomic E-state index is 0.171. The first-order valence-electron chi connectivity index (χ1n) is 11.7. The fraction of sp³-hybridized carbons (Fsp3) is 0.259. The van der Waals surface area contributed by atoms with Gasteiger partial charge >= 0.3 is 0 Å². The van der Waals surface area contributed by atoms with E-state index in [1.165, 1.54) is 28.9 Å². The molecular weight excluding hydrogens is 464 g/mol. The summed E-state index contributed by atoms with van der Waals surface area (Å²) in [6.07, 6.45) is 5.48. The van der Waals surface area contributed by atoms with Crippen LogP contribution < -0.4 is 10.3 Å². The summed E-state index contributed by atoms with van der Waals surface area (Å²) in [6, 6.07) is 13.4. The van der Waals surface area contributed by atoms with E-state index in [2.05, 4.69) is 27.0 Å². The topological polar surface area (TPSA) is 73.1 Å². The van der Waals surface area contributed by atoms with Gasteiger partial charge in [-0.25, -0.2) is 23.4 Å². The summed E-state index contributed by atoms with van der Waals surface area (Å²) in [4.78, 5) is 23.6. The van der Waals surface area contributed by atoms with Crippen molar-refractivity contribution in [2.75, 3.05) is 20.1 Å². The van der Waals surface area contributed by atoms with E-state index >= 15 is 0 Å². The van der Waals surface area contributed by atoms with Crippen molar-refractivity contribution in [1.29, 1.82) is 0 Å². The third-order valence-corrected chi connectivity index (χ3v) is 6.14. The van der Waals surface area contributed by atoms with Crippen LogP contribution in [0, 0.1) is 11.6 Å². The Morgan fingerprint density at radius 3 is 2.39 bits per heavy atom. The van der Waals surface area contributed by atoms with Gasteiger partial charge in [0.15, 0.2) is 11.6 Å². The first-order chi connectivity index (χ1) is 17.4. The normalized spacial score (nSPS) is 14.6. The number of nitrogens with zero attached hydrogens (tertiary/aromatic N) is 5. The molecule has 0 aliphatic carbocycles. The Balaban J connectivity index is 1.32. The molecule has 2 aromatic heterocycles. The molecule has 0 bridgehead atoms. The van der Waals surface area contributed by atoms with Crippen molar-refractivity contribution in [2.45, 2.75) is 25.5 Å². The molecule has 5 rings (SSSR count). The Hall–Kier alpha value is -3.98. The zero-order valence-electron chi connectivity index (χ0n) is 19.8. The second-order valence-electron chi connectivity index (χ2n) is 8.94. The monoisotopic (exact) mass is 489 g/mol. The third-order valence-electron chi connectivity index (χ3n) is 6.14. The quantitative estimate of drug-likeness (QED) is 0.405. The Morgan fingerprint density at radius 1 is 0.944 bits per heavy atom. The highest BCUT2D eigenvalue weighted by atomic mass is 19.1. The van der Waals surface area contributed by atoms with Crippen LogP contribution in [0.15, 0.2) is 71.8 Å². The van der Waals surface area contributed by atoms with Gasteiger partial charge in [0.05, 0.1) is 24.6 Å². The van der Waals surface area contributed by atoms with Crippen molar-refractivity contribution in [3.05, 3.63) is 94.5 Å². The number of halogens is 2. The summed E-state index contributed by atoms with van der Waals surface area (Å²) in [7, 11) is 2.11. The SMILES string of the molecule is CN1CCC(Oc2cnc(-c3cccc(Cn4nc(-c5cc(F)cc(F)c5)ccc4=O)c3)nc2)CC1. The molecule has 0 saturated carbocycles. The van der Waals surface area contributed by atoms with Gasteiger partial charge in [-0.1, -0.05) is 18.2 Å². The van der Waals surface area contributed by atoms with Crippen LogP contribution in [0.5, 0.6) is 5.75 Å². The Labute approximate surface area is 207 Å².